The number of para-hydroxylation sites is 2. The highest BCUT2D eigenvalue weighted by molar-refractivity contribution is 5.86. The lowest BCUT2D eigenvalue weighted by atomic mass is 9.67. The molecular weight excluding hydrogens is 666 g/mol. The van der Waals surface area contributed by atoms with E-state index in [-0.39, 0.29) is 22.9 Å². The predicted octanol–water partition coefficient (Wildman–Crippen LogP) is 11.5. The van der Waals surface area contributed by atoms with Crippen molar-refractivity contribution in [1.82, 2.24) is 0 Å². The Balaban J connectivity index is 1.39. The lowest BCUT2D eigenvalue weighted by molar-refractivity contribution is -0.139. The molecule has 0 saturated heterocycles. The second-order valence-electron chi connectivity index (χ2n) is 12.4. The molecule has 0 unspecified atom stereocenters. The first-order valence-corrected chi connectivity index (χ1v) is 15.9. The third-order valence-electron chi connectivity index (χ3n) is 9.29. The normalized spacial score (nSPS) is 13.4. The largest absolute Gasteiger partial charge is 0.454 e. The van der Waals surface area contributed by atoms with Gasteiger partial charge in [-0.25, -0.2) is 0 Å². The molecule has 1 aliphatic carbocycles. The van der Waals surface area contributed by atoms with E-state index in [0.29, 0.717) is 11.1 Å². The molecule has 0 atom stereocenters. The van der Waals surface area contributed by atoms with Gasteiger partial charge in [-0.2, -0.15) is 26.3 Å². The molecular formula is C41H30F6N2O2. The number of rotatable bonds is 6. The molecule has 4 nitrogen and oxygen atoms in total. The zero-order valence-electron chi connectivity index (χ0n) is 27.3. The van der Waals surface area contributed by atoms with Crippen LogP contribution in [0, 0.1) is 13.8 Å². The lowest BCUT2D eigenvalue weighted by Crippen LogP contribution is -2.29. The number of halogens is 6. The van der Waals surface area contributed by atoms with Crippen LogP contribution in [0.25, 0.3) is 11.1 Å². The van der Waals surface area contributed by atoms with Crippen molar-refractivity contribution in [2.45, 2.75) is 31.6 Å². The molecule has 0 aliphatic heterocycles. The van der Waals surface area contributed by atoms with Crippen LogP contribution in [-0.4, -0.2) is 0 Å². The van der Waals surface area contributed by atoms with E-state index in [1.54, 1.807) is 26.0 Å². The lowest BCUT2D eigenvalue weighted by Gasteiger charge is -2.34. The van der Waals surface area contributed by atoms with E-state index in [2.05, 4.69) is 0 Å². The van der Waals surface area contributed by atoms with Gasteiger partial charge in [-0.05, 0) is 94.8 Å². The highest BCUT2D eigenvalue weighted by atomic mass is 19.4. The Morgan fingerprint density at radius 2 is 0.882 bits per heavy atom. The SMILES string of the molecule is Cc1cc(C2(c3ccc(Oc4c(N)cccc4C(F)(F)F)c(C)c3)c3ccccc3-c3ccccc32)ccc1Oc1c(N)cccc1C(F)(F)F. The average Bonchev–Trinajstić information content (AvgIpc) is 3.38. The van der Waals surface area contributed by atoms with Gasteiger partial charge in [0.1, 0.15) is 22.6 Å². The highest BCUT2D eigenvalue weighted by Gasteiger charge is 2.46. The Kier molecular flexibility index (Phi) is 8.00. The van der Waals surface area contributed by atoms with E-state index >= 15 is 0 Å². The minimum Gasteiger partial charge on any atom is -0.454 e. The second kappa shape index (κ2) is 12.2. The average molecular weight is 697 g/mol. The molecule has 1 aliphatic rings. The zero-order valence-corrected chi connectivity index (χ0v) is 27.3. The number of aryl methyl sites for hydroxylation is 2. The van der Waals surface area contributed by atoms with Crippen molar-refractivity contribution in [2.24, 2.45) is 0 Å². The topological polar surface area (TPSA) is 70.5 Å². The molecule has 0 aromatic heterocycles. The van der Waals surface area contributed by atoms with E-state index in [9.17, 15) is 26.3 Å². The third-order valence-corrected chi connectivity index (χ3v) is 9.29. The van der Waals surface area contributed by atoms with Crippen molar-refractivity contribution in [3.63, 3.8) is 0 Å². The van der Waals surface area contributed by atoms with Gasteiger partial charge in [-0.3, -0.25) is 0 Å². The Labute approximate surface area is 289 Å². The Morgan fingerprint density at radius 3 is 1.25 bits per heavy atom. The van der Waals surface area contributed by atoms with Crippen LogP contribution in [0.15, 0.2) is 121 Å². The monoisotopic (exact) mass is 696 g/mol. The van der Waals surface area contributed by atoms with Gasteiger partial charge < -0.3 is 20.9 Å². The molecule has 6 aromatic rings. The van der Waals surface area contributed by atoms with Gasteiger partial charge >= 0.3 is 12.4 Å². The summed E-state index contributed by atoms with van der Waals surface area (Å²) in [6.07, 6.45) is -9.37. The Bertz CT molecular complexity index is 2150. The number of nitrogen functional groups attached to an aromatic ring is 2. The highest BCUT2D eigenvalue weighted by Crippen LogP contribution is 2.57. The second-order valence-corrected chi connectivity index (χ2v) is 12.4. The number of hydrogen-bond acceptors (Lipinski definition) is 4. The molecule has 0 fully saturated rings. The van der Waals surface area contributed by atoms with Crippen LogP contribution in [0.2, 0.25) is 0 Å². The van der Waals surface area contributed by atoms with E-state index in [1.165, 1.54) is 24.3 Å². The summed E-state index contributed by atoms with van der Waals surface area (Å²) in [5.41, 5.74) is 15.3. The van der Waals surface area contributed by atoms with E-state index in [1.807, 2.05) is 72.8 Å². The van der Waals surface area contributed by atoms with Crippen molar-refractivity contribution in [2.75, 3.05) is 11.5 Å². The zero-order chi connectivity index (χ0) is 36.3. The van der Waals surface area contributed by atoms with Gasteiger partial charge in [0.05, 0.1) is 16.8 Å². The predicted molar refractivity (Wildman–Crippen MR) is 185 cm³/mol. The van der Waals surface area contributed by atoms with Gasteiger partial charge in [0.2, 0.25) is 0 Å². The quantitative estimate of drug-likeness (QED) is 0.134. The molecule has 258 valence electrons. The fourth-order valence-electron chi connectivity index (χ4n) is 7.02. The molecule has 51 heavy (non-hydrogen) atoms. The summed E-state index contributed by atoms with van der Waals surface area (Å²) in [7, 11) is 0. The first kappa shape index (κ1) is 33.6. The summed E-state index contributed by atoms with van der Waals surface area (Å²) in [6.45, 7) is 3.49. The fraction of sp³-hybridized carbons (Fsp3) is 0.122. The van der Waals surface area contributed by atoms with Gasteiger partial charge in [0.15, 0.2) is 11.5 Å². The van der Waals surface area contributed by atoms with E-state index < -0.39 is 40.4 Å². The van der Waals surface area contributed by atoms with Crippen LogP contribution in [0.4, 0.5) is 37.7 Å². The molecule has 4 N–H and O–H groups in total. The Morgan fingerprint density at radius 1 is 0.490 bits per heavy atom. The van der Waals surface area contributed by atoms with Crippen molar-refractivity contribution in [3.8, 4) is 34.1 Å². The summed E-state index contributed by atoms with van der Waals surface area (Å²) < 4.78 is 95.1. The maximum atomic E-state index is 13.9. The van der Waals surface area contributed by atoms with E-state index in [0.717, 1.165) is 45.5 Å². The van der Waals surface area contributed by atoms with E-state index in [4.69, 9.17) is 20.9 Å². The number of anilines is 2. The number of fused-ring (bicyclic) bond motifs is 3. The molecule has 10 heteroatoms. The maximum Gasteiger partial charge on any atom is 0.420 e. The summed E-state index contributed by atoms with van der Waals surface area (Å²) in [6, 6.07) is 33.5. The fourth-order valence-corrected chi connectivity index (χ4v) is 7.02. The van der Waals surface area contributed by atoms with Crippen LogP contribution in [0.1, 0.15) is 44.5 Å². The van der Waals surface area contributed by atoms with Gasteiger partial charge in [0, 0.05) is 0 Å². The minimum atomic E-state index is -4.69. The van der Waals surface area contributed by atoms with Gasteiger partial charge in [-0.1, -0.05) is 84.9 Å². The van der Waals surface area contributed by atoms with Crippen LogP contribution < -0.4 is 20.9 Å². The summed E-state index contributed by atoms with van der Waals surface area (Å²) in [4.78, 5) is 0. The first-order valence-electron chi connectivity index (χ1n) is 15.9. The van der Waals surface area contributed by atoms with Crippen molar-refractivity contribution < 1.29 is 35.8 Å². The Hall–Kier alpha value is -5.90. The van der Waals surface area contributed by atoms with Gasteiger partial charge in [-0.15, -0.1) is 0 Å². The van der Waals surface area contributed by atoms with Crippen LogP contribution in [0.3, 0.4) is 0 Å². The summed E-state index contributed by atoms with van der Waals surface area (Å²) in [5, 5.41) is 0. The molecule has 0 heterocycles. The van der Waals surface area contributed by atoms with Crippen LogP contribution in [0.5, 0.6) is 23.0 Å². The molecule has 7 rings (SSSR count). The standard InChI is InChI=1S/C41H30F6N2O2/c1-23-21-25(17-19-35(23)50-37-31(40(42,43)44)13-7-15-33(37)48)39(29-11-5-3-9-27(29)28-10-4-6-12-30(28)39)26-18-20-36(24(2)22-26)51-38-32(41(45,46)47)14-8-16-34(38)49/h3-22H,48-49H2,1-2H3. The number of alkyl halides is 6. The van der Waals surface area contributed by atoms with Crippen LogP contribution >= 0.6 is 0 Å². The number of nitrogens with two attached hydrogens (primary N) is 2. The number of hydrogen-bond donors (Lipinski definition) is 2. The van der Waals surface area contributed by atoms with Crippen molar-refractivity contribution in [3.05, 3.63) is 166 Å². The molecule has 6 aromatic carbocycles. The number of benzene rings is 6. The molecule has 0 radical (unpaired) electrons. The smallest absolute Gasteiger partial charge is 0.420 e. The maximum absolute atomic E-state index is 13.9. The van der Waals surface area contributed by atoms with Crippen molar-refractivity contribution in [1.29, 1.82) is 0 Å². The summed E-state index contributed by atoms with van der Waals surface area (Å²) in [5.74, 6) is -0.576. The summed E-state index contributed by atoms with van der Waals surface area (Å²) >= 11 is 0. The molecule has 0 spiro atoms. The number of ether oxygens (including phenoxy) is 2. The molecule has 0 amide bonds. The first-order chi connectivity index (χ1) is 24.2. The third kappa shape index (κ3) is 5.60. The van der Waals surface area contributed by atoms with Gasteiger partial charge in [0.25, 0.3) is 0 Å². The molecule has 0 saturated carbocycles. The molecule has 0 bridgehead atoms. The minimum absolute atomic E-state index is 0.152. The van der Waals surface area contributed by atoms with Crippen LogP contribution in [-0.2, 0) is 17.8 Å². The van der Waals surface area contributed by atoms with Crippen molar-refractivity contribution >= 4 is 11.4 Å².